The number of anilines is 1. The first-order chi connectivity index (χ1) is 12.3. The minimum absolute atomic E-state index is 0.375. The van der Waals surface area contributed by atoms with Crippen molar-refractivity contribution in [1.82, 2.24) is 4.31 Å². The van der Waals surface area contributed by atoms with Gasteiger partial charge in [-0.1, -0.05) is 12.1 Å². The fourth-order valence-corrected chi connectivity index (χ4v) is 5.13. The van der Waals surface area contributed by atoms with Gasteiger partial charge in [-0.3, -0.25) is 0 Å². The highest BCUT2D eigenvalue weighted by atomic mass is 32.2. The zero-order valence-electron chi connectivity index (χ0n) is 15.8. The summed E-state index contributed by atoms with van der Waals surface area (Å²) in [5.74, 6) is 0.714. The molecule has 3 rings (SSSR count). The molecule has 1 heterocycles. The highest BCUT2D eigenvalue weighted by Gasteiger charge is 2.30. The van der Waals surface area contributed by atoms with Gasteiger partial charge in [-0.15, -0.1) is 0 Å². The first-order valence-electron chi connectivity index (χ1n) is 8.80. The Bertz CT molecular complexity index is 901. The summed E-state index contributed by atoms with van der Waals surface area (Å²) in [6, 6.07) is 11.8. The van der Waals surface area contributed by atoms with Gasteiger partial charge in [0.15, 0.2) is 0 Å². The number of benzene rings is 2. The van der Waals surface area contributed by atoms with Gasteiger partial charge in [0, 0.05) is 31.9 Å². The highest BCUT2D eigenvalue weighted by molar-refractivity contribution is 7.89. The van der Waals surface area contributed by atoms with Gasteiger partial charge >= 0.3 is 0 Å². The molecule has 0 amide bonds. The van der Waals surface area contributed by atoms with E-state index in [-0.39, 0.29) is 0 Å². The molecule has 1 aliphatic heterocycles. The standard InChI is InChI=1S/C20H26N2O3S/c1-15-6-5-7-18(12-15)21-8-10-22(11-9-21)26(23,24)20-14-16(2)19(25-4)13-17(20)3/h5-7,12-14H,8-11H2,1-4H3. The Kier molecular flexibility index (Phi) is 5.25. The lowest BCUT2D eigenvalue weighted by Gasteiger charge is -2.35. The summed E-state index contributed by atoms with van der Waals surface area (Å²) >= 11 is 0. The van der Waals surface area contributed by atoms with Crippen LogP contribution in [0.3, 0.4) is 0 Å². The topological polar surface area (TPSA) is 49.9 Å². The van der Waals surface area contributed by atoms with E-state index in [0.717, 1.165) is 11.3 Å². The summed E-state index contributed by atoms with van der Waals surface area (Å²) in [5, 5.41) is 0. The van der Waals surface area contributed by atoms with Crippen molar-refractivity contribution < 1.29 is 13.2 Å². The Morgan fingerprint density at radius 1 is 0.923 bits per heavy atom. The number of hydrogen-bond acceptors (Lipinski definition) is 4. The Hall–Kier alpha value is -2.05. The molecule has 0 unspecified atom stereocenters. The summed E-state index contributed by atoms with van der Waals surface area (Å²) in [4.78, 5) is 2.62. The second kappa shape index (κ2) is 7.29. The van der Waals surface area contributed by atoms with Crippen LogP contribution in [-0.2, 0) is 10.0 Å². The second-order valence-corrected chi connectivity index (χ2v) is 8.72. The molecule has 0 spiro atoms. The van der Waals surface area contributed by atoms with Gasteiger partial charge < -0.3 is 9.64 Å². The molecule has 0 radical (unpaired) electrons. The van der Waals surface area contributed by atoms with E-state index in [4.69, 9.17) is 4.74 Å². The average Bonchev–Trinajstić information content (AvgIpc) is 2.63. The molecule has 0 aromatic heterocycles. The summed E-state index contributed by atoms with van der Waals surface area (Å²) in [6.07, 6.45) is 0. The van der Waals surface area contributed by atoms with Gasteiger partial charge in [0.25, 0.3) is 0 Å². The van der Waals surface area contributed by atoms with Crippen molar-refractivity contribution in [2.45, 2.75) is 25.7 Å². The van der Waals surface area contributed by atoms with Crippen LogP contribution in [0.2, 0.25) is 0 Å². The Labute approximate surface area is 156 Å². The number of nitrogens with zero attached hydrogens (tertiary/aromatic N) is 2. The molecular weight excluding hydrogens is 348 g/mol. The number of hydrogen-bond donors (Lipinski definition) is 0. The third-order valence-corrected chi connectivity index (χ3v) is 6.96. The second-order valence-electron chi connectivity index (χ2n) is 6.82. The maximum Gasteiger partial charge on any atom is 0.243 e. The molecule has 1 fully saturated rings. The monoisotopic (exact) mass is 374 g/mol. The predicted octanol–water partition coefficient (Wildman–Crippen LogP) is 3.13. The smallest absolute Gasteiger partial charge is 0.243 e. The first-order valence-corrected chi connectivity index (χ1v) is 10.2. The molecule has 26 heavy (non-hydrogen) atoms. The van der Waals surface area contributed by atoms with E-state index < -0.39 is 10.0 Å². The molecule has 0 bridgehead atoms. The highest BCUT2D eigenvalue weighted by Crippen LogP contribution is 2.28. The molecule has 2 aromatic rings. The van der Waals surface area contributed by atoms with Gasteiger partial charge in [-0.2, -0.15) is 4.31 Å². The van der Waals surface area contributed by atoms with E-state index in [1.54, 1.807) is 23.5 Å². The van der Waals surface area contributed by atoms with Crippen LogP contribution in [0.25, 0.3) is 0 Å². The van der Waals surface area contributed by atoms with Crippen LogP contribution in [0.5, 0.6) is 5.75 Å². The maximum atomic E-state index is 13.1. The van der Waals surface area contributed by atoms with E-state index in [2.05, 4.69) is 30.0 Å². The van der Waals surface area contributed by atoms with E-state index in [0.29, 0.717) is 42.4 Å². The number of ether oxygens (including phenoxy) is 1. The van der Waals surface area contributed by atoms with Crippen LogP contribution in [0.15, 0.2) is 41.3 Å². The Morgan fingerprint density at radius 3 is 2.23 bits per heavy atom. The van der Waals surface area contributed by atoms with Crippen LogP contribution in [0.1, 0.15) is 16.7 Å². The molecule has 0 N–H and O–H groups in total. The van der Waals surface area contributed by atoms with Crippen molar-refractivity contribution in [1.29, 1.82) is 0 Å². The lowest BCUT2D eigenvalue weighted by molar-refractivity contribution is 0.384. The van der Waals surface area contributed by atoms with Crippen LogP contribution in [-0.4, -0.2) is 46.0 Å². The maximum absolute atomic E-state index is 13.1. The van der Waals surface area contributed by atoms with Crippen molar-refractivity contribution >= 4 is 15.7 Å². The van der Waals surface area contributed by atoms with Gasteiger partial charge in [-0.05, 0) is 61.7 Å². The predicted molar refractivity (Wildman–Crippen MR) is 105 cm³/mol. The number of piperazine rings is 1. The zero-order valence-corrected chi connectivity index (χ0v) is 16.6. The molecular formula is C20H26N2O3S. The number of aryl methyl sites for hydroxylation is 3. The largest absolute Gasteiger partial charge is 0.496 e. The third kappa shape index (κ3) is 3.57. The molecule has 0 atom stereocenters. The van der Waals surface area contributed by atoms with Gasteiger partial charge in [0.2, 0.25) is 10.0 Å². The van der Waals surface area contributed by atoms with Crippen molar-refractivity contribution in [3.8, 4) is 5.75 Å². The molecule has 1 aliphatic rings. The lowest BCUT2D eigenvalue weighted by atomic mass is 10.1. The lowest BCUT2D eigenvalue weighted by Crippen LogP contribution is -2.48. The van der Waals surface area contributed by atoms with E-state index in [1.807, 2.05) is 19.9 Å². The number of rotatable bonds is 4. The van der Waals surface area contributed by atoms with E-state index in [1.165, 1.54) is 5.56 Å². The first kappa shape index (κ1) is 18.7. The van der Waals surface area contributed by atoms with Gasteiger partial charge in [-0.25, -0.2) is 8.42 Å². The molecule has 0 saturated carbocycles. The Morgan fingerprint density at radius 2 is 1.62 bits per heavy atom. The van der Waals surface area contributed by atoms with E-state index in [9.17, 15) is 8.42 Å². The molecule has 140 valence electrons. The number of methoxy groups -OCH3 is 1. The zero-order chi connectivity index (χ0) is 18.9. The minimum atomic E-state index is -3.50. The van der Waals surface area contributed by atoms with Crippen molar-refractivity contribution in [2.75, 3.05) is 38.2 Å². The quantitative estimate of drug-likeness (QED) is 0.825. The van der Waals surface area contributed by atoms with Crippen LogP contribution < -0.4 is 9.64 Å². The van der Waals surface area contributed by atoms with Crippen molar-refractivity contribution in [3.63, 3.8) is 0 Å². The van der Waals surface area contributed by atoms with Crippen LogP contribution in [0.4, 0.5) is 5.69 Å². The Balaban J connectivity index is 1.79. The number of sulfonamides is 1. The molecule has 2 aromatic carbocycles. The minimum Gasteiger partial charge on any atom is -0.496 e. The molecule has 1 saturated heterocycles. The summed E-state index contributed by atoms with van der Waals surface area (Å²) in [5.41, 5.74) is 3.91. The fraction of sp³-hybridized carbons (Fsp3) is 0.400. The molecule has 6 heteroatoms. The molecule has 0 aliphatic carbocycles. The third-order valence-electron chi connectivity index (χ3n) is 4.92. The van der Waals surface area contributed by atoms with Crippen LogP contribution >= 0.6 is 0 Å². The van der Waals surface area contributed by atoms with Crippen molar-refractivity contribution in [3.05, 3.63) is 53.1 Å². The summed E-state index contributed by atoms with van der Waals surface area (Å²) < 4.78 is 33.1. The van der Waals surface area contributed by atoms with Crippen LogP contribution in [0, 0.1) is 20.8 Å². The summed E-state index contributed by atoms with van der Waals surface area (Å²) in [7, 11) is -1.91. The summed E-state index contributed by atoms with van der Waals surface area (Å²) in [6.45, 7) is 8.11. The fourth-order valence-electron chi connectivity index (χ4n) is 3.41. The van der Waals surface area contributed by atoms with E-state index >= 15 is 0 Å². The molecule has 5 nitrogen and oxygen atoms in total. The normalized spacial score (nSPS) is 15.9. The van der Waals surface area contributed by atoms with Crippen molar-refractivity contribution in [2.24, 2.45) is 0 Å². The van der Waals surface area contributed by atoms with Gasteiger partial charge in [0.05, 0.1) is 12.0 Å². The average molecular weight is 375 g/mol. The SMILES string of the molecule is COc1cc(C)c(S(=O)(=O)N2CCN(c3cccc(C)c3)CC2)cc1C. The van der Waals surface area contributed by atoms with Gasteiger partial charge in [0.1, 0.15) is 5.75 Å².